The summed E-state index contributed by atoms with van der Waals surface area (Å²) >= 11 is 0. The first-order valence-electron chi connectivity index (χ1n) is 40.9. The van der Waals surface area contributed by atoms with E-state index in [-0.39, 0.29) is 25.4 Å². The molecule has 0 spiro atoms. The maximum absolute atomic E-state index is 13.6. The lowest BCUT2D eigenvalue weighted by Gasteiger charge is -2.28. The van der Waals surface area contributed by atoms with Gasteiger partial charge in [-0.15, -0.1) is 0 Å². The van der Waals surface area contributed by atoms with Crippen molar-refractivity contribution in [2.24, 2.45) is 5.41 Å². The average Bonchev–Trinajstić information content (AvgIpc) is 0.819. The highest BCUT2D eigenvalue weighted by molar-refractivity contribution is 6.01. The van der Waals surface area contributed by atoms with Crippen molar-refractivity contribution in [2.75, 3.05) is 324 Å². The van der Waals surface area contributed by atoms with Crippen molar-refractivity contribution in [1.82, 2.24) is 5.32 Å². The minimum Gasteiger partial charge on any atom is -0.481 e. The van der Waals surface area contributed by atoms with Crippen LogP contribution in [0, 0.1) is 5.41 Å². The molecular weight excluding hydrogens is 1430 g/mol. The quantitative estimate of drug-likeness (QED) is 0.0385. The monoisotopic (exact) mass is 1580 g/mol. The molecule has 1 amide bonds. The first-order chi connectivity index (χ1) is 53.8. The van der Waals surface area contributed by atoms with Gasteiger partial charge in [0.2, 0.25) is 5.91 Å². The Morgan fingerprint density at radius 2 is 0.413 bits per heavy atom. The summed E-state index contributed by atoms with van der Waals surface area (Å²) in [6, 6.07) is 0. The van der Waals surface area contributed by atoms with Gasteiger partial charge in [0.15, 0.2) is 0 Å². The first-order valence-corrected chi connectivity index (χ1v) is 40.9. The second kappa shape index (κ2) is 92.3. The second-order valence-electron chi connectivity index (χ2n) is 25.3. The van der Waals surface area contributed by atoms with Gasteiger partial charge in [0, 0.05) is 25.8 Å². The van der Waals surface area contributed by atoms with Gasteiger partial charge in [0.1, 0.15) is 11.2 Å². The lowest BCUT2D eigenvalue weighted by Crippen LogP contribution is -2.47. The standard InChI is InChI=1S/C78H151NO30/c1-3-5-6-7-8-10-13-16-19-23-78(77(84)85,24-20-17-14-11-9-12-15-18-21-75(81)82)76(83)79-25-27-87-29-31-89-33-35-91-37-39-93-41-43-95-45-47-97-49-51-99-53-55-101-57-59-103-61-63-105-65-67-107-69-71-109-73-72-108-70-68-106-66-64-104-62-60-102-58-56-100-54-52-98-50-48-96-46-44-94-42-40-92-38-36-90-34-32-88-30-28-86-26-22-74(80)4-2/h3-73H2,1-2H3,(H,79,83)(H,81,82)(H,84,85). The molecule has 0 rings (SSSR count). The zero-order chi connectivity index (χ0) is 78.7. The summed E-state index contributed by atoms with van der Waals surface area (Å²) in [5, 5.41) is 22.2. The average molecular weight is 1580 g/mol. The Morgan fingerprint density at radius 1 is 0.229 bits per heavy atom. The summed E-state index contributed by atoms with van der Waals surface area (Å²) in [5.41, 5.74) is -1.46. The molecule has 0 saturated heterocycles. The Labute approximate surface area is 653 Å². The number of hydrogen-bond acceptors (Lipinski definition) is 28. The van der Waals surface area contributed by atoms with Crippen LogP contribution in [0.4, 0.5) is 0 Å². The molecule has 0 aliphatic carbocycles. The third-order valence-corrected chi connectivity index (χ3v) is 16.3. The van der Waals surface area contributed by atoms with Crippen LogP contribution >= 0.6 is 0 Å². The van der Waals surface area contributed by atoms with Crippen LogP contribution in [0.5, 0.6) is 0 Å². The van der Waals surface area contributed by atoms with Crippen molar-refractivity contribution < 1.29 is 143 Å². The van der Waals surface area contributed by atoms with E-state index in [1.807, 2.05) is 6.92 Å². The van der Waals surface area contributed by atoms with Crippen molar-refractivity contribution in [3.8, 4) is 0 Å². The third kappa shape index (κ3) is 84.3. The molecule has 0 radical (unpaired) electrons. The minimum atomic E-state index is -1.46. The molecule has 0 bridgehead atoms. The summed E-state index contributed by atoms with van der Waals surface area (Å²) in [7, 11) is 0. The Bertz CT molecular complexity index is 1840. The Morgan fingerprint density at radius 3 is 0.606 bits per heavy atom. The molecule has 1 atom stereocenters. The summed E-state index contributed by atoms with van der Waals surface area (Å²) in [5.74, 6) is -2.03. The normalized spacial score (nSPS) is 12.2. The van der Waals surface area contributed by atoms with E-state index in [9.17, 15) is 24.3 Å². The summed E-state index contributed by atoms with van der Waals surface area (Å²) in [6.45, 7) is 26.2. The maximum atomic E-state index is 13.6. The summed E-state index contributed by atoms with van der Waals surface area (Å²) in [6.07, 6.45) is 19.0. The number of Topliss-reactive ketones (excluding diaryl/α,β-unsaturated/α-hetero) is 1. The largest absolute Gasteiger partial charge is 0.481 e. The van der Waals surface area contributed by atoms with E-state index < -0.39 is 23.3 Å². The molecule has 31 heteroatoms. The van der Waals surface area contributed by atoms with Crippen LogP contribution in [0.15, 0.2) is 0 Å². The van der Waals surface area contributed by atoms with Crippen LogP contribution in [0.3, 0.4) is 0 Å². The summed E-state index contributed by atoms with van der Waals surface area (Å²) in [4.78, 5) is 48.3. The smallest absolute Gasteiger partial charge is 0.319 e. The van der Waals surface area contributed by atoms with E-state index in [1.165, 1.54) is 32.1 Å². The molecule has 31 nitrogen and oxygen atoms in total. The molecule has 3 N–H and O–H groups in total. The minimum absolute atomic E-state index is 0.206. The van der Waals surface area contributed by atoms with Crippen LogP contribution in [0.25, 0.3) is 0 Å². The fourth-order valence-corrected chi connectivity index (χ4v) is 10.1. The third-order valence-electron chi connectivity index (χ3n) is 16.3. The molecule has 0 heterocycles. The molecule has 109 heavy (non-hydrogen) atoms. The van der Waals surface area contributed by atoms with Crippen molar-refractivity contribution in [2.45, 2.75) is 155 Å². The number of ketones is 1. The van der Waals surface area contributed by atoms with Gasteiger partial charge < -0.3 is 129 Å². The van der Waals surface area contributed by atoms with E-state index in [2.05, 4.69) is 12.2 Å². The molecule has 1 unspecified atom stereocenters. The fourth-order valence-electron chi connectivity index (χ4n) is 10.1. The number of rotatable bonds is 99. The molecule has 0 aliphatic rings. The highest BCUT2D eigenvalue weighted by atomic mass is 16.6. The number of ether oxygens (including phenoxy) is 24. The van der Waals surface area contributed by atoms with Crippen LogP contribution in [-0.4, -0.2) is 358 Å². The van der Waals surface area contributed by atoms with Crippen molar-refractivity contribution >= 4 is 23.6 Å². The molecule has 0 aromatic carbocycles. The lowest BCUT2D eigenvalue weighted by atomic mass is 9.76. The van der Waals surface area contributed by atoms with E-state index in [0.29, 0.717) is 355 Å². The number of hydrogen-bond donors (Lipinski definition) is 3. The number of amides is 1. The highest BCUT2D eigenvalue weighted by Gasteiger charge is 2.44. The maximum Gasteiger partial charge on any atom is 0.319 e. The molecule has 0 aromatic heterocycles. The number of carbonyl (C=O) groups excluding carboxylic acids is 2. The van der Waals surface area contributed by atoms with Crippen LogP contribution in [-0.2, 0) is 133 Å². The zero-order valence-corrected chi connectivity index (χ0v) is 67.5. The predicted octanol–water partition coefficient (Wildman–Crippen LogP) is 7.85. The summed E-state index contributed by atoms with van der Waals surface area (Å²) < 4.78 is 133. The van der Waals surface area contributed by atoms with Gasteiger partial charge >= 0.3 is 11.9 Å². The molecule has 0 fully saturated rings. The number of carbonyl (C=O) groups is 4. The van der Waals surface area contributed by atoms with Gasteiger partial charge in [-0.05, 0) is 19.3 Å². The molecule has 0 saturated carbocycles. The van der Waals surface area contributed by atoms with Gasteiger partial charge in [-0.3, -0.25) is 19.2 Å². The van der Waals surface area contributed by atoms with Gasteiger partial charge in [-0.1, -0.05) is 117 Å². The first kappa shape index (κ1) is 106. The van der Waals surface area contributed by atoms with Gasteiger partial charge in [-0.2, -0.15) is 0 Å². The molecule has 0 aliphatic heterocycles. The molecular formula is C78H151NO30. The molecule has 0 aromatic rings. The van der Waals surface area contributed by atoms with Crippen molar-refractivity contribution in [3.63, 3.8) is 0 Å². The Kier molecular flexibility index (Phi) is 89.9. The van der Waals surface area contributed by atoms with Crippen molar-refractivity contribution in [3.05, 3.63) is 0 Å². The van der Waals surface area contributed by atoms with E-state index in [1.54, 1.807) is 0 Å². The predicted molar refractivity (Wildman–Crippen MR) is 408 cm³/mol. The number of aliphatic carboxylic acids is 2. The fraction of sp³-hybridized carbons (Fsp3) is 0.949. The van der Waals surface area contributed by atoms with Crippen LogP contribution in [0.2, 0.25) is 0 Å². The Balaban J connectivity index is 3.41. The van der Waals surface area contributed by atoms with Crippen molar-refractivity contribution in [1.29, 1.82) is 0 Å². The van der Waals surface area contributed by atoms with E-state index in [0.717, 1.165) is 57.8 Å². The number of carboxylic acids is 2. The number of unbranched alkanes of at least 4 members (excludes halogenated alkanes) is 15. The Hall–Kier alpha value is -2.88. The topological polar surface area (TPSA) is 342 Å². The van der Waals surface area contributed by atoms with Gasteiger partial charge in [0.05, 0.1) is 317 Å². The van der Waals surface area contributed by atoms with Gasteiger partial charge in [-0.25, -0.2) is 0 Å². The van der Waals surface area contributed by atoms with E-state index in [4.69, 9.17) is 119 Å². The number of carboxylic acid groups (broad SMARTS) is 2. The second-order valence-corrected chi connectivity index (χ2v) is 25.3. The molecule has 648 valence electrons. The highest BCUT2D eigenvalue weighted by Crippen LogP contribution is 2.33. The van der Waals surface area contributed by atoms with E-state index >= 15 is 0 Å². The van der Waals surface area contributed by atoms with Crippen LogP contribution < -0.4 is 5.32 Å². The lowest BCUT2D eigenvalue weighted by molar-refractivity contribution is -0.157. The van der Waals surface area contributed by atoms with Crippen LogP contribution in [0.1, 0.15) is 155 Å². The number of nitrogens with one attached hydrogen (secondary N) is 1. The van der Waals surface area contributed by atoms with Gasteiger partial charge in [0.25, 0.3) is 0 Å². The SMILES string of the molecule is CCCCCCCCCCCC(CCCCCCCCCCC(=O)O)(C(=O)O)C(=O)NCCOCCOCCOCCOCCOCCOCCOCCOCCOCCOCCOCCOCCOCCOCCOCCOCCOCCOCCOCCOCCOCCOCCOCCOCCC(=O)CC. The zero-order valence-electron chi connectivity index (χ0n) is 67.5.